The van der Waals surface area contributed by atoms with Crippen molar-refractivity contribution in [2.75, 3.05) is 36.0 Å². The first-order valence-electron chi connectivity index (χ1n) is 9.72. The number of pyridine rings is 1. The van der Waals surface area contributed by atoms with E-state index in [1.807, 2.05) is 9.80 Å². The molecule has 2 fully saturated rings. The zero-order valence-electron chi connectivity index (χ0n) is 16.2. The number of fused-ring (bicyclic) bond motifs is 1. The van der Waals surface area contributed by atoms with E-state index < -0.39 is 24.8 Å². The number of aromatic nitrogens is 5. The Kier molecular flexibility index (Phi) is 4.48. The molecule has 0 radical (unpaired) electrons. The molecule has 0 saturated carbocycles. The second-order valence-electron chi connectivity index (χ2n) is 8.08. The molecule has 164 valence electrons. The maximum atomic E-state index is 12.9. The molecular formula is C19H18F5N7. The van der Waals surface area contributed by atoms with E-state index in [0.717, 1.165) is 17.2 Å². The third-order valence-corrected chi connectivity index (χ3v) is 5.86. The van der Waals surface area contributed by atoms with Crippen LogP contribution < -0.4 is 9.80 Å². The Labute approximate surface area is 173 Å². The van der Waals surface area contributed by atoms with Gasteiger partial charge in [-0.15, -0.1) is 0 Å². The van der Waals surface area contributed by atoms with Crippen LogP contribution in [0.2, 0.25) is 0 Å². The highest BCUT2D eigenvalue weighted by Gasteiger charge is 2.48. The first kappa shape index (κ1) is 19.9. The van der Waals surface area contributed by atoms with Gasteiger partial charge in [0, 0.05) is 43.5 Å². The SMILES string of the molecule is FC(F)Cn1ncc2ncc(N3CCC4(CN(c5ccnc(C(F)(F)F)c5)C4)C3)nc21. The first-order valence-corrected chi connectivity index (χ1v) is 9.72. The average Bonchev–Trinajstić information content (AvgIpc) is 3.31. The molecule has 5 heterocycles. The standard InChI is InChI=1S/C19H18F5N7/c20-15(21)8-31-17-13(6-27-31)26-7-16(28-17)29-4-2-18(9-29)10-30(11-18)12-1-3-25-14(5-12)19(22,23)24/h1,3,5-7,15H,2,4,8-11H2. The summed E-state index contributed by atoms with van der Waals surface area (Å²) in [6.07, 6.45) is -1.97. The summed E-state index contributed by atoms with van der Waals surface area (Å²) in [6, 6.07) is 2.65. The summed E-state index contributed by atoms with van der Waals surface area (Å²) in [7, 11) is 0. The third-order valence-electron chi connectivity index (χ3n) is 5.86. The zero-order valence-corrected chi connectivity index (χ0v) is 16.2. The second kappa shape index (κ2) is 6.99. The molecule has 3 aromatic heterocycles. The molecule has 2 aliphatic rings. The van der Waals surface area contributed by atoms with Crippen LogP contribution in [-0.4, -0.2) is 57.3 Å². The van der Waals surface area contributed by atoms with Crippen molar-refractivity contribution in [1.29, 1.82) is 0 Å². The molecule has 3 aromatic rings. The van der Waals surface area contributed by atoms with Crippen LogP contribution in [0, 0.1) is 5.41 Å². The Morgan fingerprint density at radius 3 is 2.58 bits per heavy atom. The zero-order chi connectivity index (χ0) is 21.8. The highest BCUT2D eigenvalue weighted by Crippen LogP contribution is 2.43. The second-order valence-corrected chi connectivity index (χ2v) is 8.08. The van der Waals surface area contributed by atoms with E-state index in [-0.39, 0.29) is 5.41 Å². The Morgan fingerprint density at radius 1 is 1.06 bits per heavy atom. The van der Waals surface area contributed by atoms with Gasteiger partial charge in [-0.1, -0.05) is 0 Å². The highest BCUT2D eigenvalue weighted by molar-refractivity contribution is 5.71. The quantitative estimate of drug-likeness (QED) is 0.582. The molecule has 31 heavy (non-hydrogen) atoms. The van der Waals surface area contributed by atoms with Crippen LogP contribution in [0.5, 0.6) is 0 Å². The van der Waals surface area contributed by atoms with Crippen LogP contribution in [0.4, 0.5) is 33.5 Å². The normalized spacial score (nSPS) is 18.4. The average molecular weight is 439 g/mol. The molecule has 1 spiro atoms. The van der Waals surface area contributed by atoms with Crippen molar-refractivity contribution in [3.8, 4) is 0 Å². The first-order chi connectivity index (χ1) is 14.7. The lowest BCUT2D eigenvalue weighted by molar-refractivity contribution is -0.141. The lowest BCUT2D eigenvalue weighted by atomic mass is 9.79. The maximum absolute atomic E-state index is 12.9. The number of alkyl halides is 5. The third kappa shape index (κ3) is 3.63. The van der Waals surface area contributed by atoms with Gasteiger partial charge in [0.2, 0.25) is 0 Å². The van der Waals surface area contributed by atoms with Crippen LogP contribution in [0.1, 0.15) is 12.1 Å². The molecule has 0 aromatic carbocycles. The molecule has 2 aliphatic heterocycles. The molecule has 5 rings (SSSR count). The minimum absolute atomic E-state index is 0.0540. The van der Waals surface area contributed by atoms with Gasteiger partial charge in [0.25, 0.3) is 6.43 Å². The van der Waals surface area contributed by atoms with Crippen molar-refractivity contribution in [2.24, 2.45) is 5.41 Å². The van der Waals surface area contributed by atoms with Crippen LogP contribution >= 0.6 is 0 Å². The van der Waals surface area contributed by atoms with Crippen molar-refractivity contribution >= 4 is 22.7 Å². The molecule has 0 amide bonds. The van der Waals surface area contributed by atoms with Gasteiger partial charge in [-0.3, -0.25) is 4.98 Å². The minimum Gasteiger partial charge on any atom is -0.370 e. The molecule has 12 heteroatoms. The van der Waals surface area contributed by atoms with E-state index in [2.05, 4.69) is 20.1 Å². The van der Waals surface area contributed by atoms with Gasteiger partial charge in [0.15, 0.2) is 5.65 Å². The summed E-state index contributed by atoms with van der Waals surface area (Å²) < 4.78 is 65.4. The summed E-state index contributed by atoms with van der Waals surface area (Å²) in [6.45, 7) is 2.09. The lowest BCUT2D eigenvalue weighted by Gasteiger charge is -2.49. The van der Waals surface area contributed by atoms with E-state index in [9.17, 15) is 22.0 Å². The van der Waals surface area contributed by atoms with E-state index in [4.69, 9.17) is 0 Å². The van der Waals surface area contributed by atoms with Gasteiger partial charge in [0.05, 0.1) is 12.4 Å². The summed E-state index contributed by atoms with van der Waals surface area (Å²) in [5.41, 5.74) is 0.310. The van der Waals surface area contributed by atoms with Gasteiger partial charge in [-0.25, -0.2) is 23.4 Å². The Hall–Kier alpha value is -3.05. The molecular weight excluding hydrogens is 421 g/mol. The van der Waals surface area contributed by atoms with Gasteiger partial charge < -0.3 is 9.80 Å². The molecule has 0 unspecified atom stereocenters. The van der Waals surface area contributed by atoms with Crippen LogP contribution in [-0.2, 0) is 12.7 Å². The fourth-order valence-corrected chi connectivity index (χ4v) is 4.36. The molecule has 7 nitrogen and oxygen atoms in total. The smallest absolute Gasteiger partial charge is 0.370 e. The largest absolute Gasteiger partial charge is 0.433 e. The fourth-order valence-electron chi connectivity index (χ4n) is 4.36. The van der Waals surface area contributed by atoms with Gasteiger partial charge in [0.1, 0.15) is 23.6 Å². The fraction of sp³-hybridized carbons (Fsp3) is 0.474. The van der Waals surface area contributed by atoms with Gasteiger partial charge >= 0.3 is 6.18 Å². The molecule has 0 bridgehead atoms. The number of hydrogen-bond donors (Lipinski definition) is 0. The summed E-state index contributed by atoms with van der Waals surface area (Å²) in [5, 5.41) is 3.93. The number of rotatable bonds is 4. The number of halogens is 5. The predicted molar refractivity (Wildman–Crippen MR) is 102 cm³/mol. The lowest BCUT2D eigenvalue weighted by Crippen LogP contribution is -2.57. The van der Waals surface area contributed by atoms with Crippen molar-refractivity contribution in [3.63, 3.8) is 0 Å². The monoisotopic (exact) mass is 439 g/mol. The molecule has 2 saturated heterocycles. The van der Waals surface area contributed by atoms with Gasteiger partial charge in [-0.2, -0.15) is 18.3 Å². The minimum atomic E-state index is -4.48. The predicted octanol–water partition coefficient (Wildman–Crippen LogP) is 3.22. The number of nitrogens with zero attached hydrogens (tertiary/aromatic N) is 7. The number of anilines is 2. The molecule has 0 N–H and O–H groups in total. The molecule has 0 atom stereocenters. The maximum Gasteiger partial charge on any atom is 0.433 e. The highest BCUT2D eigenvalue weighted by atomic mass is 19.4. The number of hydrogen-bond acceptors (Lipinski definition) is 6. The van der Waals surface area contributed by atoms with Crippen LogP contribution in [0.3, 0.4) is 0 Å². The van der Waals surface area contributed by atoms with E-state index >= 15 is 0 Å². The van der Waals surface area contributed by atoms with Crippen molar-refractivity contribution in [2.45, 2.75) is 25.6 Å². The van der Waals surface area contributed by atoms with Crippen molar-refractivity contribution < 1.29 is 22.0 Å². The Balaban J connectivity index is 1.29. The summed E-state index contributed by atoms with van der Waals surface area (Å²) in [5.74, 6) is 0.585. The van der Waals surface area contributed by atoms with E-state index in [1.165, 1.54) is 12.4 Å². The Morgan fingerprint density at radius 2 is 1.84 bits per heavy atom. The van der Waals surface area contributed by atoms with E-state index in [0.29, 0.717) is 48.8 Å². The van der Waals surface area contributed by atoms with Crippen molar-refractivity contribution in [1.82, 2.24) is 24.7 Å². The van der Waals surface area contributed by atoms with Gasteiger partial charge in [-0.05, 0) is 18.6 Å². The van der Waals surface area contributed by atoms with Crippen molar-refractivity contribution in [3.05, 3.63) is 36.4 Å². The summed E-state index contributed by atoms with van der Waals surface area (Å²) in [4.78, 5) is 16.1. The molecule has 0 aliphatic carbocycles. The Bertz CT molecular complexity index is 1110. The van der Waals surface area contributed by atoms with Crippen LogP contribution in [0.15, 0.2) is 30.7 Å². The topological polar surface area (TPSA) is 63.0 Å². The van der Waals surface area contributed by atoms with Crippen LogP contribution in [0.25, 0.3) is 11.2 Å². The summed E-state index contributed by atoms with van der Waals surface area (Å²) >= 11 is 0. The van der Waals surface area contributed by atoms with E-state index in [1.54, 1.807) is 12.3 Å².